The zero-order valence-corrected chi connectivity index (χ0v) is 16.2. The molecule has 0 saturated carbocycles. The first kappa shape index (κ1) is 20.7. The third kappa shape index (κ3) is 4.96. The maximum Gasteiger partial charge on any atom is 0.227 e. The highest BCUT2D eigenvalue weighted by Gasteiger charge is 2.32. The second-order valence-corrected chi connectivity index (χ2v) is 7.53. The van der Waals surface area contributed by atoms with E-state index in [0.29, 0.717) is 19.4 Å². The molecule has 1 aromatic carbocycles. The monoisotopic (exact) mass is 380 g/mol. The van der Waals surface area contributed by atoms with Crippen LogP contribution < -0.4 is 16.0 Å². The number of likely N-dealkylation sites (tertiary alicyclic amines) is 1. The number of hydrogen-bond donors (Lipinski definition) is 2. The molecule has 0 bridgehead atoms. The molecule has 1 aromatic rings. The molecule has 0 radical (unpaired) electrons. The lowest BCUT2D eigenvalue weighted by molar-refractivity contribution is -0.117. The number of hydrogen-bond acceptors (Lipinski definition) is 4. The van der Waals surface area contributed by atoms with E-state index in [2.05, 4.69) is 17.1 Å². The molecule has 0 aliphatic carbocycles. The molecule has 3 rings (SSSR count). The Bertz CT molecular complexity index is 637. The van der Waals surface area contributed by atoms with Crippen molar-refractivity contribution in [2.45, 2.75) is 32.6 Å². The SMILES string of the molecule is CC1(CN)CCN(CCC(=O)Nc2ccc(N3CCCC3=O)cc2)C1.Cl. The highest BCUT2D eigenvalue weighted by Crippen LogP contribution is 2.28. The molecule has 6 nitrogen and oxygen atoms in total. The molecule has 0 aromatic heterocycles. The van der Waals surface area contributed by atoms with E-state index >= 15 is 0 Å². The predicted octanol–water partition coefficient (Wildman–Crippen LogP) is 2.23. The summed E-state index contributed by atoms with van der Waals surface area (Å²) in [4.78, 5) is 28.0. The van der Waals surface area contributed by atoms with E-state index in [1.54, 1.807) is 4.90 Å². The van der Waals surface area contributed by atoms with Gasteiger partial charge in [0, 0.05) is 43.9 Å². The standard InChI is InChI=1S/C19H28N4O2.ClH/c1-19(13-20)9-12-22(14-19)11-8-17(24)21-15-4-6-16(7-5-15)23-10-2-3-18(23)25;/h4-7H,2-3,8-14,20H2,1H3,(H,21,24);1H. The zero-order chi connectivity index (χ0) is 17.9. The fraction of sp³-hybridized carbons (Fsp3) is 0.579. The molecule has 2 fully saturated rings. The first-order chi connectivity index (χ1) is 12.0. The van der Waals surface area contributed by atoms with Crippen molar-refractivity contribution in [2.24, 2.45) is 11.1 Å². The molecule has 3 N–H and O–H groups in total. The van der Waals surface area contributed by atoms with Crippen LogP contribution in [-0.2, 0) is 9.59 Å². The molecule has 0 spiro atoms. The summed E-state index contributed by atoms with van der Waals surface area (Å²) in [5.41, 5.74) is 7.69. The van der Waals surface area contributed by atoms with Crippen molar-refractivity contribution in [2.75, 3.05) is 42.9 Å². The van der Waals surface area contributed by atoms with Gasteiger partial charge >= 0.3 is 0 Å². The van der Waals surface area contributed by atoms with Crippen molar-refractivity contribution in [3.63, 3.8) is 0 Å². The van der Waals surface area contributed by atoms with Crippen molar-refractivity contribution >= 4 is 35.6 Å². The molecule has 1 unspecified atom stereocenters. The molecule has 2 aliphatic heterocycles. The molecular weight excluding hydrogens is 352 g/mol. The van der Waals surface area contributed by atoms with Gasteiger partial charge in [0.1, 0.15) is 0 Å². The van der Waals surface area contributed by atoms with Gasteiger partial charge in [0.2, 0.25) is 11.8 Å². The number of carbonyl (C=O) groups is 2. The third-order valence-electron chi connectivity index (χ3n) is 5.32. The number of halogens is 1. The Labute approximate surface area is 161 Å². The normalized spacial score (nSPS) is 23.2. The molecule has 144 valence electrons. The summed E-state index contributed by atoms with van der Waals surface area (Å²) >= 11 is 0. The Hall–Kier alpha value is -1.63. The van der Waals surface area contributed by atoms with Crippen molar-refractivity contribution in [1.29, 1.82) is 0 Å². The molecule has 7 heteroatoms. The highest BCUT2D eigenvalue weighted by molar-refractivity contribution is 5.96. The van der Waals surface area contributed by atoms with Crippen LogP contribution in [0, 0.1) is 5.41 Å². The van der Waals surface area contributed by atoms with Gasteiger partial charge in [0.05, 0.1) is 0 Å². The van der Waals surface area contributed by atoms with Crippen molar-refractivity contribution in [1.82, 2.24) is 4.90 Å². The van der Waals surface area contributed by atoms with Crippen molar-refractivity contribution in [3.8, 4) is 0 Å². The lowest BCUT2D eigenvalue weighted by Gasteiger charge is -2.22. The van der Waals surface area contributed by atoms with Crippen LogP contribution in [0.25, 0.3) is 0 Å². The van der Waals surface area contributed by atoms with Crippen LogP contribution in [0.15, 0.2) is 24.3 Å². The van der Waals surface area contributed by atoms with Gasteiger partial charge in [-0.05, 0) is 55.6 Å². The number of anilines is 2. The Kier molecular flexibility index (Phi) is 7.03. The maximum atomic E-state index is 12.2. The van der Waals surface area contributed by atoms with Gasteiger partial charge in [-0.2, -0.15) is 0 Å². The number of carbonyl (C=O) groups excluding carboxylic acids is 2. The van der Waals surface area contributed by atoms with Crippen molar-refractivity contribution in [3.05, 3.63) is 24.3 Å². The quantitative estimate of drug-likeness (QED) is 0.793. The zero-order valence-electron chi connectivity index (χ0n) is 15.4. The third-order valence-corrected chi connectivity index (χ3v) is 5.32. The molecule has 2 saturated heterocycles. The minimum absolute atomic E-state index is 0. The minimum Gasteiger partial charge on any atom is -0.330 e. The molecular formula is C19H29ClN4O2. The Morgan fingerprint density at radius 2 is 2.00 bits per heavy atom. The summed E-state index contributed by atoms with van der Waals surface area (Å²) in [6.45, 7) is 6.43. The Morgan fingerprint density at radius 3 is 2.58 bits per heavy atom. The molecule has 1 atom stereocenters. The van der Waals surface area contributed by atoms with E-state index in [0.717, 1.165) is 50.4 Å². The fourth-order valence-electron chi connectivity index (χ4n) is 3.61. The van der Waals surface area contributed by atoms with E-state index in [4.69, 9.17) is 5.73 Å². The minimum atomic E-state index is 0. The van der Waals surface area contributed by atoms with Gasteiger partial charge < -0.3 is 20.9 Å². The summed E-state index contributed by atoms with van der Waals surface area (Å²) in [7, 11) is 0. The largest absolute Gasteiger partial charge is 0.330 e. The second-order valence-electron chi connectivity index (χ2n) is 7.53. The van der Waals surface area contributed by atoms with Gasteiger partial charge in [0.25, 0.3) is 0 Å². The maximum absolute atomic E-state index is 12.2. The van der Waals surface area contributed by atoms with Crippen LogP contribution in [0.5, 0.6) is 0 Å². The number of nitrogens with one attached hydrogen (secondary N) is 1. The van der Waals surface area contributed by atoms with Gasteiger partial charge in [-0.3, -0.25) is 9.59 Å². The molecule has 2 amide bonds. The average molecular weight is 381 g/mol. The second kappa shape index (κ2) is 8.84. The van der Waals surface area contributed by atoms with E-state index < -0.39 is 0 Å². The lowest BCUT2D eigenvalue weighted by Crippen LogP contribution is -2.32. The Morgan fingerprint density at radius 1 is 1.27 bits per heavy atom. The van der Waals surface area contributed by atoms with E-state index in [1.807, 2.05) is 24.3 Å². The first-order valence-corrected chi connectivity index (χ1v) is 9.12. The number of amides is 2. The predicted molar refractivity (Wildman–Crippen MR) is 107 cm³/mol. The first-order valence-electron chi connectivity index (χ1n) is 9.12. The Balaban J connectivity index is 0.00000243. The molecule has 2 heterocycles. The van der Waals surface area contributed by atoms with Crippen LogP contribution in [0.4, 0.5) is 11.4 Å². The van der Waals surface area contributed by atoms with Crippen molar-refractivity contribution < 1.29 is 9.59 Å². The van der Waals surface area contributed by atoms with Crippen LogP contribution in [0.3, 0.4) is 0 Å². The van der Waals surface area contributed by atoms with Crippen LogP contribution in [-0.4, -0.2) is 49.4 Å². The van der Waals surface area contributed by atoms with Gasteiger partial charge in [0.15, 0.2) is 0 Å². The van der Waals surface area contributed by atoms with Crippen LogP contribution in [0.2, 0.25) is 0 Å². The summed E-state index contributed by atoms with van der Waals surface area (Å²) in [5.74, 6) is 0.193. The summed E-state index contributed by atoms with van der Waals surface area (Å²) in [5, 5.41) is 2.94. The van der Waals surface area contributed by atoms with Gasteiger partial charge in [-0.25, -0.2) is 0 Å². The fourth-order valence-corrected chi connectivity index (χ4v) is 3.61. The molecule has 26 heavy (non-hydrogen) atoms. The van der Waals surface area contributed by atoms with Crippen LogP contribution in [0.1, 0.15) is 32.6 Å². The number of rotatable bonds is 6. The summed E-state index contributed by atoms with van der Waals surface area (Å²) < 4.78 is 0. The van der Waals surface area contributed by atoms with Gasteiger partial charge in [-0.15, -0.1) is 12.4 Å². The molecule has 2 aliphatic rings. The number of nitrogens with two attached hydrogens (primary N) is 1. The van der Waals surface area contributed by atoms with E-state index in [9.17, 15) is 9.59 Å². The number of nitrogens with zero attached hydrogens (tertiary/aromatic N) is 2. The van der Waals surface area contributed by atoms with E-state index in [-0.39, 0.29) is 29.6 Å². The van der Waals surface area contributed by atoms with Crippen LogP contribution >= 0.6 is 12.4 Å². The summed E-state index contributed by atoms with van der Waals surface area (Å²) in [6, 6.07) is 7.51. The topological polar surface area (TPSA) is 78.7 Å². The van der Waals surface area contributed by atoms with E-state index in [1.165, 1.54) is 0 Å². The smallest absolute Gasteiger partial charge is 0.227 e. The number of benzene rings is 1. The average Bonchev–Trinajstić information content (AvgIpc) is 3.20. The lowest BCUT2D eigenvalue weighted by atomic mass is 9.90. The highest BCUT2D eigenvalue weighted by atomic mass is 35.5. The summed E-state index contributed by atoms with van der Waals surface area (Å²) in [6.07, 6.45) is 3.12. The van der Waals surface area contributed by atoms with Gasteiger partial charge in [-0.1, -0.05) is 6.92 Å².